The van der Waals surface area contributed by atoms with Gasteiger partial charge in [0.1, 0.15) is 0 Å². The van der Waals surface area contributed by atoms with Crippen molar-refractivity contribution in [1.82, 2.24) is 10.6 Å². The van der Waals surface area contributed by atoms with Crippen LogP contribution in [0.4, 0.5) is 5.69 Å². The van der Waals surface area contributed by atoms with Crippen molar-refractivity contribution in [1.29, 1.82) is 0 Å². The normalized spacial score (nSPS) is 11.2. The van der Waals surface area contributed by atoms with Gasteiger partial charge >= 0.3 is 0 Å². The SMILES string of the molecule is CCNC(=NCc1ccc([N+](=O)[O-])cc1)NCc1ccc(C)cc1C. The van der Waals surface area contributed by atoms with Crippen LogP contribution in [0, 0.1) is 24.0 Å². The summed E-state index contributed by atoms with van der Waals surface area (Å²) in [7, 11) is 0. The first-order chi connectivity index (χ1) is 12.0. The van der Waals surface area contributed by atoms with Gasteiger partial charge in [-0.1, -0.05) is 35.9 Å². The number of non-ortho nitro benzene ring substituents is 1. The van der Waals surface area contributed by atoms with Crippen LogP contribution in [0.3, 0.4) is 0 Å². The number of rotatable bonds is 6. The van der Waals surface area contributed by atoms with E-state index in [0.29, 0.717) is 13.1 Å². The zero-order chi connectivity index (χ0) is 18.2. The molecule has 6 nitrogen and oxygen atoms in total. The molecule has 2 rings (SSSR count). The lowest BCUT2D eigenvalue weighted by molar-refractivity contribution is -0.384. The lowest BCUT2D eigenvalue weighted by Crippen LogP contribution is -2.36. The van der Waals surface area contributed by atoms with Gasteiger partial charge in [-0.3, -0.25) is 10.1 Å². The van der Waals surface area contributed by atoms with E-state index in [0.717, 1.165) is 18.1 Å². The summed E-state index contributed by atoms with van der Waals surface area (Å²) in [6.07, 6.45) is 0. The van der Waals surface area contributed by atoms with E-state index in [4.69, 9.17) is 0 Å². The molecule has 0 heterocycles. The summed E-state index contributed by atoms with van der Waals surface area (Å²) < 4.78 is 0. The van der Waals surface area contributed by atoms with Gasteiger partial charge in [0.25, 0.3) is 5.69 Å². The Hall–Kier alpha value is -2.89. The Labute approximate surface area is 148 Å². The third-order valence-electron chi connectivity index (χ3n) is 3.86. The quantitative estimate of drug-likeness (QED) is 0.365. The summed E-state index contributed by atoms with van der Waals surface area (Å²) in [5.74, 6) is 0.723. The second-order valence-electron chi connectivity index (χ2n) is 5.90. The molecule has 0 saturated carbocycles. The zero-order valence-electron chi connectivity index (χ0n) is 14.9. The van der Waals surface area contributed by atoms with Gasteiger partial charge < -0.3 is 10.6 Å². The van der Waals surface area contributed by atoms with Gasteiger partial charge in [0, 0.05) is 25.2 Å². The lowest BCUT2D eigenvalue weighted by Gasteiger charge is -2.13. The van der Waals surface area contributed by atoms with Crippen LogP contribution in [0.1, 0.15) is 29.2 Å². The Morgan fingerprint density at radius 3 is 2.44 bits per heavy atom. The average Bonchev–Trinajstić information content (AvgIpc) is 2.59. The van der Waals surface area contributed by atoms with Crippen molar-refractivity contribution in [2.45, 2.75) is 33.9 Å². The topological polar surface area (TPSA) is 79.6 Å². The highest BCUT2D eigenvalue weighted by Crippen LogP contribution is 2.13. The molecule has 0 radical (unpaired) electrons. The standard InChI is InChI=1S/C19H24N4O2/c1-4-20-19(22-13-17-8-5-14(2)11-15(17)3)21-12-16-6-9-18(10-7-16)23(24)25/h5-11H,4,12-13H2,1-3H3,(H2,20,21,22). The number of hydrogen-bond acceptors (Lipinski definition) is 3. The maximum atomic E-state index is 10.7. The van der Waals surface area contributed by atoms with Crippen LogP contribution in [0.5, 0.6) is 0 Å². The van der Waals surface area contributed by atoms with Crippen molar-refractivity contribution in [2.75, 3.05) is 6.54 Å². The first-order valence-electron chi connectivity index (χ1n) is 8.31. The van der Waals surface area contributed by atoms with Crippen LogP contribution >= 0.6 is 0 Å². The van der Waals surface area contributed by atoms with Gasteiger partial charge in [-0.05, 0) is 37.5 Å². The van der Waals surface area contributed by atoms with Gasteiger partial charge in [0.15, 0.2) is 5.96 Å². The summed E-state index contributed by atoms with van der Waals surface area (Å²) >= 11 is 0. The number of nitro groups is 1. The van der Waals surface area contributed by atoms with Crippen LogP contribution < -0.4 is 10.6 Å². The molecule has 2 N–H and O–H groups in total. The van der Waals surface area contributed by atoms with Gasteiger partial charge in [-0.25, -0.2) is 4.99 Å². The largest absolute Gasteiger partial charge is 0.357 e. The molecule has 6 heteroatoms. The number of guanidine groups is 1. The second kappa shape index (κ2) is 8.82. The first kappa shape index (κ1) is 18.4. The van der Waals surface area contributed by atoms with E-state index in [2.05, 4.69) is 47.7 Å². The molecular weight excluding hydrogens is 316 g/mol. The molecule has 0 spiro atoms. The van der Waals surface area contributed by atoms with E-state index in [-0.39, 0.29) is 5.69 Å². The number of hydrogen-bond donors (Lipinski definition) is 2. The highest BCUT2D eigenvalue weighted by atomic mass is 16.6. The number of nitro benzene ring substituents is 1. The molecule has 0 aromatic heterocycles. The molecular formula is C19H24N4O2. The zero-order valence-corrected chi connectivity index (χ0v) is 14.9. The highest BCUT2D eigenvalue weighted by molar-refractivity contribution is 5.79. The smallest absolute Gasteiger partial charge is 0.269 e. The molecule has 0 atom stereocenters. The number of aryl methyl sites for hydroxylation is 2. The third-order valence-corrected chi connectivity index (χ3v) is 3.86. The highest BCUT2D eigenvalue weighted by Gasteiger charge is 2.04. The summed E-state index contributed by atoms with van der Waals surface area (Å²) in [5.41, 5.74) is 4.74. The monoisotopic (exact) mass is 340 g/mol. The molecule has 0 fully saturated rings. The second-order valence-corrected chi connectivity index (χ2v) is 5.90. The fourth-order valence-corrected chi connectivity index (χ4v) is 2.46. The molecule has 132 valence electrons. The number of aliphatic imine (C=N–C) groups is 1. The van der Waals surface area contributed by atoms with E-state index in [1.807, 2.05) is 6.92 Å². The van der Waals surface area contributed by atoms with E-state index < -0.39 is 4.92 Å². The fraction of sp³-hybridized carbons (Fsp3) is 0.316. The van der Waals surface area contributed by atoms with E-state index in [9.17, 15) is 10.1 Å². The molecule has 0 saturated heterocycles. The van der Waals surface area contributed by atoms with Gasteiger partial charge in [0.2, 0.25) is 0 Å². The van der Waals surface area contributed by atoms with Crippen LogP contribution in [0.25, 0.3) is 0 Å². The Kier molecular flexibility index (Phi) is 6.51. The van der Waals surface area contributed by atoms with Crippen molar-refractivity contribution in [3.63, 3.8) is 0 Å². The Bertz CT molecular complexity index is 755. The Balaban J connectivity index is 2.01. The van der Waals surface area contributed by atoms with Gasteiger partial charge in [-0.2, -0.15) is 0 Å². The van der Waals surface area contributed by atoms with Crippen molar-refractivity contribution < 1.29 is 4.92 Å². The number of nitrogens with one attached hydrogen (secondary N) is 2. The van der Waals surface area contributed by atoms with Crippen molar-refractivity contribution in [2.24, 2.45) is 4.99 Å². The molecule has 2 aromatic rings. The van der Waals surface area contributed by atoms with Crippen molar-refractivity contribution in [3.05, 3.63) is 74.8 Å². The van der Waals surface area contributed by atoms with E-state index >= 15 is 0 Å². The minimum absolute atomic E-state index is 0.0904. The Morgan fingerprint density at radius 1 is 1.12 bits per heavy atom. The first-order valence-corrected chi connectivity index (χ1v) is 8.31. The predicted octanol–water partition coefficient (Wildman–Crippen LogP) is 3.47. The molecule has 0 amide bonds. The minimum atomic E-state index is -0.400. The summed E-state index contributed by atoms with van der Waals surface area (Å²) in [6, 6.07) is 12.9. The van der Waals surface area contributed by atoms with Crippen LogP contribution in [-0.2, 0) is 13.1 Å². The van der Waals surface area contributed by atoms with Crippen molar-refractivity contribution in [3.8, 4) is 0 Å². The van der Waals surface area contributed by atoms with E-state index in [1.165, 1.54) is 28.8 Å². The lowest BCUT2D eigenvalue weighted by atomic mass is 10.1. The molecule has 0 aliphatic heterocycles. The molecule has 0 aliphatic carbocycles. The Morgan fingerprint density at radius 2 is 1.84 bits per heavy atom. The molecule has 0 aliphatic rings. The van der Waals surface area contributed by atoms with E-state index in [1.54, 1.807) is 12.1 Å². The predicted molar refractivity (Wildman–Crippen MR) is 101 cm³/mol. The van der Waals surface area contributed by atoms with Gasteiger partial charge in [0.05, 0.1) is 11.5 Å². The molecule has 0 unspecified atom stereocenters. The van der Waals surface area contributed by atoms with Crippen molar-refractivity contribution >= 4 is 11.6 Å². The average molecular weight is 340 g/mol. The maximum absolute atomic E-state index is 10.7. The number of benzene rings is 2. The molecule has 25 heavy (non-hydrogen) atoms. The number of nitrogens with zero attached hydrogens (tertiary/aromatic N) is 2. The van der Waals surface area contributed by atoms with Crippen LogP contribution in [0.15, 0.2) is 47.5 Å². The maximum Gasteiger partial charge on any atom is 0.269 e. The van der Waals surface area contributed by atoms with Crippen LogP contribution in [-0.4, -0.2) is 17.4 Å². The molecule has 2 aromatic carbocycles. The fourth-order valence-electron chi connectivity index (χ4n) is 2.46. The van der Waals surface area contributed by atoms with Gasteiger partial charge in [-0.15, -0.1) is 0 Å². The summed E-state index contributed by atoms with van der Waals surface area (Å²) in [4.78, 5) is 14.8. The molecule has 0 bridgehead atoms. The summed E-state index contributed by atoms with van der Waals surface area (Å²) in [5, 5.41) is 17.2. The minimum Gasteiger partial charge on any atom is -0.357 e. The summed E-state index contributed by atoms with van der Waals surface area (Å²) in [6.45, 7) is 8.11. The third kappa shape index (κ3) is 5.60. The van der Waals surface area contributed by atoms with Crippen LogP contribution in [0.2, 0.25) is 0 Å².